The maximum absolute atomic E-state index is 12.6. The second kappa shape index (κ2) is 7.79. The maximum atomic E-state index is 12.6. The molecule has 0 aromatic heterocycles. The molecule has 0 unspecified atom stereocenters. The zero-order chi connectivity index (χ0) is 17.6. The first kappa shape index (κ1) is 17.0. The fourth-order valence-electron chi connectivity index (χ4n) is 2.57. The van der Waals surface area contributed by atoms with E-state index in [9.17, 15) is 14.9 Å². The van der Waals surface area contributed by atoms with Crippen LogP contribution in [0.25, 0.3) is 0 Å². The number of hydrogen-bond acceptors (Lipinski definition) is 4. The number of hydrogen-bond donors (Lipinski definition) is 0. The summed E-state index contributed by atoms with van der Waals surface area (Å²) in [5.41, 5.74) is 1.09. The Hall–Kier alpha value is -2.89. The van der Waals surface area contributed by atoms with Crippen LogP contribution in [0.1, 0.15) is 18.4 Å². The molecule has 1 saturated carbocycles. The van der Waals surface area contributed by atoms with Crippen molar-refractivity contribution in [1.82, 2.24) is 4.90 Å². The van der Waals surface area contributed by atoms with Crippen molar-refractivity contribution in [2.45, 2.75) is 19.4 Å². The molecule has 0 spiro atoms. The Labute approximate surface area is 146 Å². The molecule has 6 heteroatoms. The van der Waals surface area contributed by atoms with E-state index in [1.165, 1.54) is 37.1 Å². The van der Waals surface area contributed by atoms with Gasteiger partial charge in [0.15, 0.2) is 6.61 Å². The van der Waals surface area contributed by atoms with Crippen LogP contribution in [-0.4, -0.2) is 28.9 Å². The van der Waals surface area contributed by atoms with Gasteiger partial charge in [0.1, 0.15) is 5.75 Å². The highest BCUT2D eigenvalue weighted by molar-refractivity contribution is 5.77. The number of carbonyl (C=O) groups excluding carboxylic acids is 1. The molecule has 1 aliphatic rings. The van der Waals surface area contributed by atoms with Crippen LogP contribution < -0.4 is 4.74 Å². The first-order valence-electron chi connectivity index (χ1n) is 8.31. The SMILES string of the molecule is O=C(COc1ccc([N+](=O)[O-])cc1)N(Cc1ccccc1)CC1CC1. The van der Waals surface area contributed by atoms with Gasteiger partial charge in [-0.3, -0.25) is 14.9 Å². The van der Waals surface area contributed by atoms with E-state index < -0.39 is 4.92 Å². The quantitative estimate of drug-likeness (QED) is 0.545. The lowest BCUT2D eigenvalue weighted by Gasteiger charge is -2.23. The molecule has 130 valence electrons. The lowest BCUT2D eigenvalue weighted by molar-refractivity contribution is -0.384. The monoisotopic (exact) mass is 340 g/mol. The number of nitrogens with zero attached hydrogens (tertiary/aromatic N) is 2. The van der Waals surface area contributed by atoms with E-state index in [0.717, 1.165) is 12.1 Å². The molecule has 0 bridgehead atoms. The topological polar surface area (TPSA) is 72.7 Å². The number of nitro benzene ring substituents is 1. The van der Waals surface area contributed by atoms with E-state index in [0.29, 0.717) is 18.2 Å². The first-order valence-corrected chi connectivity index (χ1v) is 8.31. The summed E-state index contributed by atoms with van der Waals surface area (Å²) in [4.78, 5) is 24.6. The first-order chi connectivity index (χ1) is 12.1. The normalized spacial score (nSPS) is 13.3. The molecule has 2 aromatic rings. The maximum Gasteiger partial charge on any atom is 0.269 e. The molecule has 0 radical (unpaired) electrons. The zero-order valence-electron chi connectivity index (χ0n) is 13.8. The second-order valence-corrected chi connectivity index (χ2v) is 6.24. The zero-order valence-corrected chi connectivity index (χ0v) is 13.8. The second-order valence-electron chi connectivity index (χ2n) is 6.24. The minimum Gasteiger partial charge on any atom is -0.484 e. The molecule has 1 fully saturated rings. The average Bonchev–Trinajstić information content (AvgIpc) is 3.44. The van der Waals surface area contributed by atoms with Crippen molar-refractivity contribution >= 4 is 11.6 Å². The van der Waals surface area contributed by atoms with Crippen LogP contribution >= 0.6 is 0 Å². The van der Waals surface area contributed by atoms with Crippen molar-refractivity contribution in [2.24, 2.45) is 5.92 Å². The summed E-state index contributed by atoms with van der Waals surface area (Å²) in [5, 5.41) is 10.7. The molecule has 1 aliphatic carbocycles. The summed E-state index contributed by atoms with van der Waals surface area (Å²) >= 11 is 0. The summed E-state index contributed by atoms with van der Waals surface area (Å²) in [7, 11) is 0. The molecule has 0 atom stereocenters. The van der Waals surface area contributed by atoms with Crippen molar-refractivity contribution in [1.29, 1.82) is 0 Å². The standard InChI is InChI=1S/C19H20N2O4/c22-19(14-25-18-10-8-17(9-11-18)21(23)24)20(13-16-6-7-16)12-15-4-2-1-3-5-15/h1-5,8-11,16H,6-7,12-14H2. The number of non-ortho nitro benzene ring substituents is 1. The van der Waals surface area contributed by atoms with Gasteiger partial charge in [-0.2, -0.15) is 0 Å². The molecule has 0 saturated heterocycles. The number of ether oxygens (including phenoxy) is 1. The molecule has 2 aromatic carbocycles. The van der Waals surface area contributed by atoms with E-state index in [4.69, 9.17) is 4.74 Å². The highest BCUT2D eigenvalue weighted by Crippen LogP contribution is 2.30. The van der Waals surface area contributed by atoms with Gasteiger partial charge < -0.3 is 9.64 Å². The molecule has 3 rings (SSSR count). The Bertz CT molecular complexity index is 727. The highest BCUT2D eigenvalue weighted by atomic mass is 16.6. The summed E-state index contributed by atoms with van der Waals surface area (Å²) in [5.74, 6) is 0.964. The van der Waals surface area contributed by atoms with Gasteiger partial charge in [0.2, 0.25) is 0 Å². The van der Waals surface area contributed by atoms with E-state index in [2.05, 4.69) is 0 Å². The van der Waals surface area contributed by atoms with Gasteiger partial charge in [0, 0.05) is 25.2 Å². The van der Waals surface area contributed by atoms with Crippen LogP contribution in [0.4, 0.5) is 5.69 Å². The summed E-state index contributed by atoms with van der Waals surface area (Å²) < 4.78 is 5.51. The van der Waals surface area contributed by atoms with Crippen LogP contribution in [0, 0.1) is 16.0 Å². The van der Waals surface area contributed by atoms with E-state index in [-0.39, 0.29) is 18.2 Å². The van der Waals surface area contributed by atoms with Crippen LogP contribution in [0.5, 0.6) is 5.75 Å². The lowest BCUT2D eigenvalue weighted by Crippen LogP contribution is -2.36. The molecule has 6 nitrogen and oxygen atoms in total. The number of rotatable bonds is 8. The van der Waals surface area contributed by atoms with Gasteiger partial charge >= 0.3 is 0 Å². The van der Waals surface area contributed by atoms with E-state index >= 15 is 0 Å². The van der Waals surface area contributed by atoms with Crippen molar-refractivity contribution < 1.29 is 14.5 Å². The molecule has 0 heterocycles. The van der Waals surface area contributed by atoms with E-state index in [1.807, 2.05) is 35.2 Å². The smallest absolute Gasteiger partial charge is 0.269 e. The van der Waals surface area contributed by atoms with Crippen LogP contribution in [0.2, 0.25) is 0 Å². The summed E-state index contributed by atoms with van der Waals surface area (Å²) in [6.07, 6.45) is 2.34. The Morgan fingerprint density at radius 2 is 1.80 bits per heavy atom. The van der Waals surface area contributed by atoms with Crippen molar-refractivity contribution in [2.75, 3.05) is 13.2 Å². The number of nitro groups is 1. The molecule has 0 N–H and O–H groups in total. The third-order valence-electron chi connectivity index (χ3n) is 4.15. The van der Waals surface area contributed by atoms with Gasteiger partial charge in [-0.1, -0.05) is 30.3 Å². The van der Waals surface area contributed by atoms with E-state index in [1.54, 1.807) is 0 Å². The summed E-state index contributed by atoms with van der Waals surface area (Å²) in [6, 6.07) is 15.6. The highest BCUT2D eigenvalue weighted by Gasteiger charge is 2.27. The molecular weight excluding hydrogens is 320 g/mol. The Kier molecular flexibility index (Phi) is 5.28. The van der Waals surface area contributed by atoms with Crippen LogP contribution in [-0.2, 0) is 11.3 Å². The Morgan fingerprint density at radius 3 is 2.40 bits per heavy atom. The predicted octanol–water partition coefficient (Wildman–Crippen LogP) is 3.41. The summed E-state index contributed by atoms with van der Waals surface area (Å²) in [6.45, 7) is 1.24. The minimum absolute atomic E-state index is 0.00175. The van der Waals surface area contributed by atoms with Crippen LogP contribution in [0.3, 0.4) is 0 Å². The van der Waals surface area contributed by atoms with Crippen molar-refractivity contribution in [3.8, 4) is 5.75 Å². The van der Waals surface area contributed by atoms with Gasteiger partial charge in [-0.25, -0.2) is 0 Å². The number of carbonyl (C=O) groups is 1. The molecule has 0 aliphatic heterocycles. The molecule has 1 amide bonds. The van der Waals surface area contributed by atoms with Crippen molar-refractivity contribution in [3.63, 3.8) is 0 Å². The Morgan fingerprint density at radius 1 is 1.12 bits per heavy atom. The third-order valence-corrected chi connectivity index (χ3v) is 4.15. The number of benzene rings is 2. The molecular formula is C19H20N2O4. The number of amides is 1. The predicted molar refractivity (Wildman–Crippen MR) is 93.2 cm³/mol. The fraction of sp³-hybridized carbons (Fsp3) is 0.316. The fourth-order valence-corrected chi connectivity index (χ4v) is 2.57. The largest absolute Gasteiger partial charge is 0.484 e. The minimum atomic E-state index is -0.466. The van der Waals surface area contributed by atoms with Crippen molar-refractivity contribution in [3.05, 3.63) is 70.3 Å². The Balaban J connectivity index is 1.58. The molecule has 25 heavy (non-hydrogen) atoms. The van der Waals surface area contributed by atoms with Gasteiger partial charge in [0.05, 0.1) is 4.92 Å². The van der Waals surface area contributed by atoms with Crippen LogP contribution in [0.15, 0.2) is 54.6 Å². The average molecular weight is 340 g/mol. The third kappa shape index (κ3) is 5.04. The van der Waals surface area contributed by atoms with Gasteiger partial charge in [0.25, 0.3) is 11.6 Å². The van der Waals surface area contributed by atoms with Gasteiger partial charge in [-0.15, -0.1) is 0 Å². The van der Waals surface area contributed by atoms with Gasteiger partial charge in [-0.05, 0) is 36.5 Å². The lowest BCUT2D eigenvalue weighted by atomic mass is 10.2.